The van der Waals surface area contributed by atoms with Crippen LogP contribution >= 0.6 is 0 Å². The summed E-state index contributed by atoms with van der Waals surface area (Å²) in [5.41, 5.74) is 0. The minimum absolute atomic E-state index is 0.0300. The number of benzene rings is 1. The fourth-order valence-corrected chi connectivity index (χ4v) is 3.98. The quantitative estimate of drug-likeness (QED) is 0.635. The van der Waals surface area contributed by atoms with E-state index < -0.39 is 10.0 Å². The molecule has 9 heteroatoms. The second-order valence-corrected chi connectivity index (χ2v) is 7.57. The molecule has 0 radical (unpaired) electrons. The van der Waals surface area contributed by atoms with Gasteiger partial charge in [-0.25, -0.2) is 8.42 Å². The summed E-state index contributed by atoms with van der Waals surface area (Å²) in [5, 5.41) is 3.00. The Bertz CT molecular complexity index is 655. The third-order valence-corrected chi connectivity index (χ3v) is 5.96. The maximum atomic E-state index is 12.7. The highest BCUT2D eigenvalue weighted by atomic mass is 32.2. The molecule has 1 heterocycles. The first kappa shape index (κ1) is 19.6. The van der Waals surface area contributed by atoms with E-state index in [1.165, 1.54) is 23.5 Å². The molecule has 25 heavy (non-hydrogen) atoms. The van der Waals surface area contributed by atoms with Gasteiger partial charge in [0.2, 0.25) is 15.9 Å². The van der Waals surface area contributed by atoms with Crippen LogP contribution in [0.1, 0.15) is 0 Å². The predicted molar refractivity (Wildman–Crippen MR) is 93.1 cm³/mol. The Kier molecular flexibility index (Phi) is 7.18. The van der Waals surface area contributed by atoms with E-state index in [4.69, 9.17) is 9.47 Å². The van der Waals surface area contributed by atoms with Crippen molar-refractivity contribution in [3.05, 3.63) is 24.3 Å². The van der Waals surface area contributed by atoms with Gasteiger partial charge in [0.05, 0.1) is 25.2 Å². The molecule has 0 unspecified atom stereocenters. The first-order valence-electron chi connectivity index (χ1n) is 8.10. The minimum atomic E-state index is -3.55. The lowest BCUT2D eigenvalue weighted by Gasteiger charge is -2.34. The first-order valence-corrected chi connectivity index (χ1v) is 9.54. The lowest BCUT2D eigenvalue weighted by molar-refractivity contribution is -0.131. The Morgan fingerprint density at radius 1 is 1.12 bits per heavy atom. The maximum Gasteiger partial charge on any atom is 0.243 e. The number of ether oxygens (including phenoxy) is 2. The van der Waals surface area contributed by atoms with Crippen LogP contribution < -0.4 is 10.1 Å². The van der Waals surface area contributed by atoms with E-state index >= 15 is 0 Å². The van der Waals surface area contributed by atoms with Crippen LogP contribution in [0.2, 0.25) is 0 Å². The van der Waals surface area contributed by atoms with Crippen LogP contribution in [0.4, 0.5) is 0 Å². The smallest absolute Gasteiger partial charge is 0.243 e. The molecule has 1 aromatic carbocycles. The number of nitrogens with zero attached hydrogens (tertiary/aromatic N) is 2. The molecular formula is C16H25N3O5S. The van der Waals surface area contributed by atoms with Crippen LogP contribution in [0.3, 0.4) is 0 Å². The van der Waals surface area contributed by atoms with Crippen molar-refractivity contribution in [2.45, 2.75) is 4.90 Å². The first-order chi connectivity index (χ1) is 12.0. The van der Waals surface area contributed by atoms with Crippen LogP contribution in [0.15, 0.2) is 29.2 Å². The van der Waals surface area contributed by atoms with E-state index in [0.29, 0.717) is 32.0 Å². The van der Waals surface area contributed by atoms with E-state index in [1.807, 2.05) is 0 Å². The molecule has 1 N–H and O–H groups in total. The summed E-state index contributed by atoms with van der Waals surface area (Å²) in [4.78, 5) is 14.0. The number of carbonyl (C=O) groups excluding carboxylic acids is 1. The van der Waals surface area contributed by atoms with Gasteiger partial charge >= 0.3 is 0 Å². The van der Waals surface area contributed by atoms with Crippen molar-refractivity contribution in [2.24, 2.45) is 0 Å². The van der Waals surface area contributed by atoms with Gasteiger partial charge in [0.15, 0.2) is 0 Å². The monoisotopic (exact) mass is 371 g/mol. The number of amides is 1. The lowest BCUT2D eigenvalue weighted by Crippen LogP contribution is -2.52. The van der Waals surface area contributed by atoms with Crippen molar-refractivity contribution in [2.75, 3.05) is 60.1 Å². The molecular weight excluding hydrogens is 346 g/mol. The van der Waals surface area contributed by atoms with Gasteiger partial charge in [-0.05, 0) is 24.3 Å². The van der Waals surface area contributed by atoms with E-state index in [1.54, 1.807) is 24.1 Å². The third-order valence-electron chi connectivity index (χ3n) is 4.05. The number of rotatable bonds is 8. The van der Waals surface area contributed by atoms with Crippen molar-refractivity contribution in [3.63, 3.8) is 0 Å². The van der Waals surface area contributed by atoms with E-state index in [-0.39, 0.29) is 30.4 Å². The van der Waals surface area contributed by atoms with Crippen molar-refractivity contribution in [1.82, 2.24) is 14.5 Å². The number of hydrogen-bond acceptors (Lipinski definition) is 6. The van der Waals surface area contributed by atoms with E-state index in [9.17, 15) is 13.2 Å². The average molecular weight is 371 g/mol. The minimum Gasteiger partial charge on any atom is -0.497 e. The van der Waals surface area contributed by atoms with E-state index in [0.717, 1.165) is 0 Å². The molecule has 0 spiro atoms. The number of nitrogens with one attached hydrogen (secondary N) is 1. The van der Waals surface area contributed by atoms with Crippen molar-refractivity contribution < 1.29 is 22.7 Å². The molecule has 0 aliphatic carbocycles. The summed E-state index contributed by atoms with van der Waals surface area (Å²) in [6.45, 7) is 2.74. The fourth-order valence-electron chi connectivity index (χ4n) is 2.56. The largest absolute Gasteiger partial charge is 0.497 e. The predicted octanol–water partition coefficient (Wildman–Crippen LogP) is -0.236. The Labute approximate surface area is 148 Å². The molecule has 1 aromatic rings. The summed E-state index contributed by atoms with van der Waals surface area (Å²) in [7, 11) is -0.418. The summed E-state index contributed by atoms with van der Waals surface area (Å²) >= 11 is 0. The lowest BCUT2D eigenvalue weighted by atomic mass is 10.3. The number of methoxy groups -OCH3 is 2. The number of carbonyl (C=O) groups is 1. The SMILES string of the molecule is COCCNCC(=O)N1CCN(S(=O)(=O)c2ccc(OC)cc2)CC1. The average Bonchev–Trinajstić information content (AvgIpc) is 2.65. The summed E-state index contributed by atoms with van der Waals surface area (Å²) < 4.78 is 36.7. The Morgan fingerprint density at radius 2 is 1.76 bits per heavy atom. The molecule has 1 aliphatic rings. The number of hydrogen-bond donors (Lipinski definition) is 1. The maximum absolute atomic E-state index is 12.7. The second-order valence-electron chi connectivity index (χ2n) is 5.63. The van der Waals surface area contributed by atoms with Gasteiger partial charge < -0.3 is 19.7 Å². The topological polar surface area (TPSA) is 88.2 Å². The third kappa shape index (κ3) is 5.15. The van der Waals surface area contributed by atoms with Gasteiger partial charge in [-0.15, -0.1) is 0 Å². The highest BCUT2D eigenvalue weighted by Gasteiger charge is 2.29. The van der Waals surface area contributed by atoms with Gasteiger partial charge in [-0.1, -0.05) is 0 Å². The molecule has 1 fully saturated rings. The van der Waals surface area contributed by atoms with Crippen LogP contribution in [-0.4, -0.2) is 83.6 Å². The molecule has 0 saturated carbocycles. The molecule has 2 rings (SSSR count). The van der Waals surface area contributed by atoms with Gasteiger partial charge in [-0.2, -0.15) is 4.31 Å². The molecule has 1 saturated heterocycles. The number of piperazine rings is 1. The number of sulfonamides is 1. The van der Waals surface area contributed by atoms with Crippen LogP contribution in [-0.2, 0) is 19.6 Å². The molecule has 1 aliphatic heterocycles. The van der Waals surface area contributed by atoms with Crippen molar-refractivity contribution in [1.29, 1.82) is 0 Å². The molecule has 0 aromatic heterocycles. The highest BCUT2D eigenvalue weighted by molar-refractivity contribution is 7.89. The zero-order valence-corrected chi connectivity index (χ0v) is 15.4. The highest BCUT2D eigenvalue weighted by Crippen LogP contribution is 2.20. The molecule has 140 valence electrons. The fraction of sp³-hybridized carbons (Fsp3) is 0.562. The van der Waals surface area contributed by atoms with Crippen LogP contribution in [0.25, 0.3) is 0 Å². The summed E-state index contributed by atoms with van der Waals surface area (Å²) in [6.07, 6.45) is 0. The Hall–Kier alpha value is -1.68. The zero-order valence-electron chi connectivity index (χ0n) is 14.6. The molecule has 1 amide bonds. The molecule has 0 atom stereocenters. The summed E-state index contributed by atoms with van der Waals surface area (Å²) in [6, 6.07) is 6.31. The standard InChI is InChI=1S/C16H25N3O5S/c1-23-12-7-17-13-16(20)18-8-10-19(11-9-18)25(21,22)15-5-3-14(24-2)4-6-15/h3-6,17H,7-13H2,1-2H3. The Balaban J connectivity index is 1.88. The van der Waals surface area contributed by atoms with Gasteiger partial charge in [0, 0.05) is 39.8 Å². The molecule has 8 nitrogen and oxygen atoms in total. The van der Waals surface area contributed by atoms with Gasteiger partial charge in [0.1, 0.15) is 5.75 Å². The Morgan fingerprint density at radius 3 is 2.32 bits per heavy atom. The van der Waals surface area contributed by atoms with Crippen LogP contribution in [0, 0.1) is 0 Å². The van der Waals surface area contributed by atoms with Crippen molar-refractivity contribution >= 4 is 15.9 Å². The van der Waals surface area contributed by atoms with E-state index in [2.05, 4.69) is 5.32 Å². The van der Waals surface area contributed by atoms with Crippen LogP contribution in [0.5, 0.6) is 5.75 Å². The normalized spacial score (nSPS) is 16.0. The summed E-state index contributed by atoms with van der Waals surface area (Å²) in [5.74, 6) is 0.577. The van der Waals surface area contributed by atoms with Gasteiger partial charge in [0.25, 0.3) is 0 Å². The zero-order chi connectivity index (χ0) is 18.3. The van der Waals surface area contributed by atoms with Crippen molar-refractivity contribution in [3.8, 4) is 5.75 Å². The van der Waals surface area contributed by atoms with Gasteiger partial charge in [-0.3, -0.25) is 4.79 Å². The molecule has 0 bridgehead atoms. The second kappa shape index (κ2) is 9.14.